The van der Waals surface area contributed by atoms with E-state index < -0.39 is 24.1 Å². The van der Waals surface area contributed by atoms with Crippen molar-refractivity contribution in [3.05, 3.63) is 30.1 Å². The van der Waals surface area contributed by atoms with Gasteiger partial charge in [-0.15, -0.1) is 0 Å². The Labute approximate surface area is 233 Å². The Bertz CT molecular complexity index is 1220. The number of morpholine rings is 1. The Morgan fingerprint density at radius 2 is 1.85 bits per heavy atom. The summed E-state index contributed by atoms with van der Waals surface area (Å²) in [4.78, 5) is 59.0. The number of fused-ring (bicyclic) bond motifs is 1. The van der Waals surface area contributed by atoms with E-state index in [1.165, 1.54) is 4.90 Å². The number of nitrogens with one attached hydrogen (secondary N) is 1. The minimum Gasteiger partial charge on any atom is -0.466 e. The lowest BCUT2D eigenvalue weighted by atomic mass is 9.90. The molecule has 2 aliphatic heterocycles. The highest BCUT2D eigenvalue weighted by Crippen LogP contribution is 2.24. The third-order valence-corrected chi connectivity index (χ3v) is 7.48. The highest BCUT2D eigenvalue weighted by Gasteiger charge is 2.39. The van der Waals surface area contributed by atoms with Crippen molar-refractivity contribution in [3.8, 4) is 0 Å². The molecule has 2 saturated heterocycles. The number of carboxylic acid groups (broad SMARTS) is 1. The monoisotopic (exact) mass is 557 g/mol. The summed E-state index contributed by atoms with van der Waals surface area (Å²) in [5, 5.41) is 13.2. The van der Waals surface area contributed by atoms with E-state index in [2.05, 4.69) is 10.3 Å². The van der Waals surface area contributed by atoms with E-state index in [1.54, 1.807) is 16.4 Å². The van der Waals surface area contributed by atoms with Crippen molar-refractivity contribution in [3.63, 3.8) is 0 Å². The second-order valence-corrected chi connectivity index (χ2v) is 10.6. The number of hydrogen-bond acceptors (Lipinski definition) is 8. The lowest BCUT2D eigenvalue weighted by molar-refractivity contribution is -0.143. The summed E-state index contributed by atoms with van der Waals surface area (Å²) in [6, 6.07) is 6.27. The summed E-state index contributed by atoms with van der Waals surface area (Å²) in [6.07, 6.45) is -0.592. The van der Waals surface area contributed by atoms with Crippen molar-refractivity contribution < 1.29 is 33.8 Å². The number of benzene rings is 1. The molecule has 218 valence electrons. The van der Waals surface area contributed by atoms with E-state index in [0.29, 0.717) is 38.2 Å². The topological polar surface area (TPSA) is 143 Å². The number of rotatable bonds is 10. The molecule has 0 saturated carbocycles. The maximum absolute atomic E-state index is 14.0. The van der Waals surface area contributed by atoms with Crippen LogP contribution in [0.25, 0.3) is 11.0 Å². The molecule has 0 aliphatic carbocycles. The molecular weight excluding hydrogens is 518 g/mol. The highest BCUT2D eigenvalue weighted by atomic mass is 16.5. The summed E-state index contributed by atoms with van der Waals surface area (Å²) < 4.78 is 12.2. The minimum atomic E-state index is -1.10. The van der Waals surface area contributed by atoms with Crippen LogP contribution in [-0.4, -0.2) is 106 Å². The number of nitrogens with zero attached hydrogens (tertiary/aromatic N) is 4. The zero-order valence-electron chi connectivity index (χ0n) is 23.4. The van der Waals surface area contributed by atoms with Gasteiger partial charge in [0.1, 0.15) is 0 Å². The number of hydrogen-bond donors (Lipinski definition) is 2. The van der Waals surface area contributed by atoms with Gasteiger partial charge in [-0.2, -0.15) is 0 Å². The van der Waals surface area contributed by atoms with E-state index >= 15 is 0 Å². The van der Waals surface area contributed by atoms with Crippen LogP contribution >= 0.6 is 0 Å². The van der Waals surface area contributed by atoms with E-state index in [1.807, 2.05) is 38.1 Å². The number of ketones is 1. The van der Waals surface area contributed by atoms with Gasteiger partial charge in [0.2, 0.25) is 11.7 Å². The average Bonchev–Trinajstić information content (AvgIpc) is 3.33. The summed E-state index contributed by atoms with van der Waals surface area (Å²) in [6.45, 7) is 8.25. The number of para-hydroxylation sites is 2. The van der Waals surface area contributed by atoms with Crippen LogP contribution in [0, 0.1) is 11.8 Å². The van der Waals surface area contributed by atoms with E-state index in [4.69, 9.17) is 9.47 Å². The number of likely N-dealkylation sites (tertiary alicyclic amines) is 1. The highest BCUT2D eigenvalue weighted by molar-refractivity contribution is 6.00. The first kappa shape index (κ1) is 29.5. The lowest BCUT2D eigenvalue weighted by Crippen LogP contribution is -2.58. The SMILES string of the molecule is CCOC(=O)CCn1c(C(=O)C(N[C@H]2C[C@@H](C(=O)N3CCOCC3)CN(C(=O)O)C2)C(C)C)nc2ccccc21. The number of aryl methyl sites for hydroxylation is 1. The molecule has 1 aromatic carbocycles. The van der Waals surface area contributed by atoms with E-state index in [0.717, 1.165) is 5.52 Å². The first-order valence-corrected chi connectivity index (χ1v) is 13.9. The summed E-state index contributed by atoms with van der Waals surface area (Å²) >= 11 is 0. The first-order chi connectivity index (χ1) is 19.2. The molecular formula is C28H39N5O7. The number of esters is 1. The second-order valence-electron chi connectivity index (χ2n) is 10.6. The fourth-order valence-corrected chi connectivity index (χ4v) is 5.49. The molecule has 1 aromatic heterocycles. The van der Waals surface area contributed by atoms with Crippen molar-refractivity contribution in [2.45, 2.75) is 52.2 Å². The summed E-state index contributed by atoms with van der Waals surface area (Å²) in [5.74, 6) is -1.14. The zero-order chi connectivity index (χ0) is 28.8. The Kier molecular flexibility index (Phi) is 9.75. The van der Waals surface area contributed by atoms with Crippen molar-refractivity contribution in [2.75, 3.05) is 46.0 Å². The first-order valence-electron chi connectivity index (χ1n) is 13.9. The minimum absolute atomic E-state index is 0.0887. The quantitative estimate of drug-likeness (QED) is 0.331. The predicted octanol–water partition coefficient (Wildman–Crippen LogP) is 2.01. The van der Waals surface area contributed by atoms with Crippen LogP contribution in [0.3, 0.4) is 0 Å². The maximum atomic E-state index is 14.0. The molecule has 2 aliphatic rings. The Balaban J connectivity index is 1.57. The molecule has 12 nitrogen and oxygen atoms in total. The van der Waals surface area contributed by atoms with Gasteiger partial charge in [-0.1, -0.05) is 26.0 Å². The third kappa shape index (κ3) is 6.79. The number of carbonyl (C=O) groups excluding carboxylic acids is 3. The smallest absolute Gasteiger partial charge is 0.407 e. The molecule has 2 amide bonds. The number of ether oxygens (including phenoxy) is 2. The van der Waals surface area contributed by atoms with Crippen LogP contribution in [0.4, 0.5) is 4.79 Å². The maximum Gasteiger partial charge on any atom is 0.407 e. The van der Waals surface area contributed by atoms with Crippen molar-refractivity contribution in [1.29, 1.82) is 0 Å². The van der Waals surface area contributed by atoms with Gasteiger partial charge in [-0.25, -0.2) is 9.78 Å². The van der Waals surface area contributed by atoms with Gasteiger partial charge in [0, 0.05) is 38.8 Å². The van der Waals surface area contributed by atoms with Crippen LogP contribution in [-0.2, 0) is 25.6 Å². The lowest BCUT2D eigenvalue weighted by Gasteiger charge is -2.40. The number of amides is 2. The largest absolute Gasteiger partial charge is 0.466 e. The molecule has 2 aromatic rings. The third-order valence-electron chi connectivity index (χ3n) is 7.48. The molecule has 2 fully saturated rings. The molecule has 3 heterocycles. The zero-order valence-corrected chi connectivity index (χ0v) is 23.4. The molecule has 0 spiro atoms. The van der Waals surface area contributed by atoms with Gasteiger partial charge in [0.05, 0.1) is 49.2 Å². The van der Waals surface area contributed by atoms with Crippen LogP contribution < -0.4 is 5.32 Å². The Hall–Kier alpha value is -3.51. The van der Waals surface area contributed by atoms with Gasteiger partial charge < -0.3 is 34.3 Å². The number of Topliss-reactive ketones (excluding diaryl/α,β-unsaturated/α-hetero) is 1. The van der Waals surface area contributed by atoms with E-state index in [-0.39, 0.29) is 62.1 Å². The Morgan fingerprint density at radius 3 is 2.52 bits per heavy atom. The van der Waals surface area contributed by atoms with Crippen LogP contribution in [0.5, 0.6) is 0 Å². The molecule has 40 heavy (non-hydrogen) atoms. The second kappa shape index (κ2) is 13.2. The van der Waals surface area contributed by atoms with Crippen LogP contribution in [0.15, 0.2) is 24.3 Å². The standard InChI is InChI=1S/C28H39N5O7/c1-4-40-23(34)9-10-33-22-8-6-5-7-21(22)30-26(33)25(35)24(18(2)3)29-20-15-19(16-32(17-20)28(37)38)27(36)31-11-13-39-14-12-31/h5-8,18-20,24,29H,4,9-17H2,1-3H3,(H,37,38)/t19-,20+,24?/m1/s1. The number of aromatic nitrogens is 2. The molecule has 0 bridgehead atoms. The average molecular weight is 558 g/mol. The van der Waals surface area contributed by atoms with Crippen molar-refractivity contribution in [2.24, 2.45) is 11.8 Å². The number of carbonyl (C=O) groups is 4. The molecule has 3 atom stereocenters. The van der Waals surface area contributed by atoms with Crippen molar-refractivity contribution in [1.82, 2.24) is 24.7 Å². The van der Waals surface area contributed by atoms with Gasteiger partial charge in [-0.05, 0) is 31.4 Å². The normalized spacial score (nSPS) is 20.5. The fraction of sp³-hybridized carbons (Fsp3) is 0.607. The predicted molar refractivity (Wildman–Crippen MR) is 146 cm³/mol. The molecule has 2 N–H and O–H groups in total. The molecule has 0 radical (unpaired) electrons. The van der Waals surface area contributed by atoms with Gasteiger partial charge >= 0.3 is 12.1 Å². The van der Waals surface area contributed by atoms with Crippen LogP contribution in [0.2, 0.25) is 0 Å². The van der Waals surface area contributed by atoms with Gasteiger partial charge in [0.15, 0.2) is 5.82 Å². The Morgan fingerprint density at radius 1 is 1.12 bits per heavy atom. The number of piperidine rings is 1. The fourth-order valence-electron chi connectivity index (χ4n) is 5.49. The number of imidazole rings is 1. The summed E-state index contributed by atoms with van der Waals surface area (Å²) in [5.41, 5.74) is 1.38. The van der Waals surface area contributed by atoms with Gasteiger partial charge in [-0.3, -0.25) is 14.4 Å². The van der Waals surface area contributed by atoms with Gasteiger partial charge in [0.25, 0.3) is 0 Å². The van der Waals surface area contributed by atoms with Crippen molar-refractivity contribution >= 4 is 34.8 Å². The summed E-state index contributed by atoms with van der Waals surface area (Å²) in [7, 11) is 0. The molecule has 1 unspecified atom stereocenters. The molecule has 12 heteroatoms. The molecule has 4 rings (SSSR count). The van der Waals surface area contributed by atoms with E-state index in [9.17, 15) is 24.3 Å². The van der Waals surface area contributed by atoms with Crippen LogP contribution in [0.1, 0.15) is 44.2 Å².